The summed E-state index contributed by atoms with van der Waals surface area (Å²) in [5.74, 6) is -1.58. The van der Waals surface area contributed by atoms with Gasteiger partial charge >= 0.3 is 5.97 Å². The van der Waals surface area contributed by atoms with E-state index >= 15 is 0 Å². The van der Waals surface area contributed by atoms with E-state index in [-0.39, 0.29) is 30.5 Å². The van der Waals surface area contributed by atoms with Crippen LogP contribution in [0.4, 0.5) is 0 Å². The van der Waals surface area contributed by atoms with E-state index in [1.165, 1.54) is 32.1 Å². The largest absolute Gasteiger partial charge is 0.481 e. The number of Topliss-reactive ketones (excluding diaryl/α,β-unsaturated/α-hetero) is 1. The van der Waals surface area contributed by atoms with E-state index in [0.717, 1.165) is 0 Å². The lowest BCUT2D eigenvalue weighted by molar-refractivity contribution is -0.175. The predicted octanol–water partition coefficient (Wildman–Crippen LogP) is -0.657. The lowest BCUT2D eigenvalue weighted by Crippen LogP contribution is -2.74. The van der Waals surface area contributed by atoms with Crippen molar-refractivity contribution in [3.63, 3.8) is 0 Å². The average Bonchev–Trinajstić information content (AvgIpc) is 2.62. The summed E-state index contributed by atoms with van der Waals surface area (Å²) in [7, 11) is 0. The number of hydrogen-bond donors (Lipinski definition) is 5. The molecule has 0 bridgehead atoms. The highest BCUT2D eigenvalue weighted by molar-refractivity contribution is 5.89. The number of rotatable bonds is 2. The fourth-order valence-electron chi connectivity index (χ4n) is 4.92. The van der Waals surface area contributed by atoms with E-state index in [2.05, 4.69) is 16.0 Å². The highest BCUT2D eigenvalue weighted by atomic mass is 16.5. The number of aliphatic carboxylic acids is 1. The van der Waals surface area contributed by atoms with Crippen molar-refractivity contribution in [2.75, 3.05) is 6.54 Å². The van der Waals surface area contributed by atoms with Crippen molar-refractivity contribution >= 4 is 11.8 Å². The molecule has 7 unspecified atom stereocenters. The third-order valence-electron chi connectivity index (χ3n) is 6.37. The summed E-state index contributed by atoms with van der Waals surface area (Å²) in [5.41, 5.74) is 5.91. The van der Waals surface area contributed by atoms with E-state index in [1.807, 2.05) is 0 Å². The van der Waals surface area contributed by atoms with Crippen molar-refractivity contribution < 1.29 is 19.4 Å². The van der Waals surface area contributed by atoms with Gasteiger partial charge in [0.25, 0.3) is 0 Å². The molecule has 3 heterocycles. The summed E-state index contributed by atoms with van der Waals surface area (Å²) in [6, 6.07) is -0.361. The Balaban J connectivity index is 1.46. The first kappa shape index (κ1) is 17.4. The molecule has 1 saturated carbocycles. The summed E-state index contributed by atoms with van der Waals surface area (Å²) < 4.78 is 6.07. The Bertz CT molecular complexity index is 539. The lowest BCUT2D eigenvalue weighted by atomic mass is 9.78. The molecule has 1 aliphatic carbocycles. The number of nitrogens with one attached hydrogen (secondary N) is 3. The van der Waals surface area contributed by atoms with Gasteiger partial charge < -0.3 is 15.6 Å². The van der Waals surface area contributed by atoms with Crippen LogP contribution in [0.3, 0.4) is 0 Å². The average molecular weight is 352 g/mol. The molecule has 0 spiro atoms. The maximum atomic E-state index is 13.1. The molecular formula is C17H28N4O4. The third-order valence-corrected chi connectivity index (χ3v) is 6.37. The van der Waals surface area contributed by atoms with Gasteiger partial charge in [-0.2, -0.15) is 0 Å². The molecule has 0 amide bonds. The van der Waals surface area contributed by atoms with Gasteiger partial charge in [0, 0.05) is 6.54 Å². The second-order valence-corrected chi connectivity index (χ2v) is 7.91. The molecule has 25 heavy (non-hydrogen) atoms. The van der Waals surface area contributed by atoms with E-state index in [0.29, 0.717) is 12.5 Å². The topological polar surface area (TPSA) is 126 Å². The van der Waals surface area contributed by atoms with Crippen LogP contribution >= 0.6 is 0 Å². The Morgan fingerprint density at radius 2 is 1.96 bits per heavy atom. The smallest absolute Gasteiger partial charge is 0.309 e. The zero-order valence-corrected chi connectivity index (χ0v) is 14.3. The molecule has 3 saturated heterocycles. The Kier molecular flexibility index (Phi) is 4.81. The zero-order valence-electron chi connectivity index (χ0n) is 14.3. The molecule has 6 N–H and O–H groups in total. The van der Waals surface area contributed by atoms with E-state index in [1.54, 1.807) is 0 Å². The number of ether oxygens (including phenoxy) is 1. The van der Waals surface area contributed by atoms with E-state index < -0.39 is 30.2 Å². The van der Waals surface area contributed by atoms with E-state index in [4.69, 9.17) is 10.5 Å². The van der Waals surface area contributed by atoms with Gasteiger partial charge in [-0.05, 0) is 25.2 Å². The monoisotopic (exact) mass is 352 g/mol. The minimum absolute atomic E-state index is 0.0641. The van der Waals surface area contributed by atoms with Gasteiger partial charge in [0.2, 0.25) is 0 Å². The van der Waals surface area contributed by atoms with Gasteiger partial charge in [-0.15, -0.1) is 0 Å². The molecule has 3 aliphatic heterocycles. The van der Waals surface area contributed by atoms with Crippen molar-refractivity contribution in [1.29, 1.82) is 0 Å². The first-order valence-corrected chi connectivity index (χ1v) is 9.47. The quantitative estimate of drug-likeness (QED) is 0.444. The van der Waals surface area contributed by atoms with Crippen LogP contribution in [-0.4, -0.2) is 54.1 Å². The summed E-state index contributed by atoms with van der Waals surface area (Å²) in [5, 5.41) is 19.3. The molecule has 140 valence electrons. The number of carboxylic acids is 1. The third kappa shape index (κ3) is 3.21. The number of ketones is 1. The van der Waals surface area contributed by atoms with Crippen LogP contribution in [0.15, 0.2) is 0 Å². The number of fused-ring (bicyclic) bond motifs is 2. The summed E-state index contributed by atoms with van der Waals surface area (Å²) in [6.45, 7) is 0.632. The normalized spacial score (nSPS) is 45.5. The SMILES string of the molecule is NC1NC2OC3CNC(C4CCCCC4)NC3C(=O)C2CC1C(=O)O. The number of piperidine rings is 1. The molecule has 0 aromatic rings. The van der Waals surface area contributed by atoms with Crippen molar-refractivity contribution in [1.82, 2.24) is 16.0 Å². The Hall–Kier alpha value is -1.06. The molecule has 0 aromatic heterocycles. The maximum Gasteiger partial charge on any atom is 0.309 e. The van der Waals surface area contributed by atoms with Crippen LogP contribution in [-0.2, 0) is 14.3 Å². The van der Waals surface area contributed by atoms with Crippen LogP contribution in [0.5, 0.6) is 0 Å². The minimum Gasteiger partial charge on any atom is -0.481 e. The van der Waals surface area contributed by atoms with Crippen LogP contribution in [0, 0.1) is 17.8 Å². The van der Waals surface area contributed by atoms with Gasteiger partial charge in [0.15, 0.2) is 5.78 Å². The Morgan fingerprint density at radius 3 is 2.68 bits per heavy atom. The fourth-order valence-corrected chi connectivity index (χ4v) is 4.92. The van der Waals surface area contributed by atoms with Gasteiger partial charge in [-0.25, -0.2) is 0 Å². The van der Waals surface area contributed by atoms with Gasteiger partial charge in [0.05, 0.1) is 36.3 Å². The zero-order chi connectivity index (χ0) is 17.6. The number of carbonyl (C=O) groups is 2. The number of carbonyl (C=O) groups excluding carboxylic acids is 1. The summed E-state index contributed by atoms with van der Waals surface area (Å²) >= 11 is 0. The second-order valence-electron chi connectivity index (χ2n) is 7.91. The van der Waals surface area contributed by atoms with E-state index in [9.17, 15) is 14.7 Å². The molecule has 4 aliphatic rings. The van der Waals surface area contributed by atoms with Crippen LogP contribution < -0.4 is 21.7 Å². The van der Waals surface area contributed by atoms with Crippen molar-refractivity contribution in [3.05, 3.63) is 0 Å². The molecule has 4 rings (SSSR count). The maximum absolute atomic E-state index is 13.1. The highest BCUT2D eigenvalue weighted by Gasteiger charge is 2.52. The Morgan fingerprint density at radius 1 is 1.20 bits per heavy atom. The lowest BCUT2D eigenvalue weighted by Gasteiger charge is -2.50. The first-order valence-electron chi connectivity index (χ1n) is 9.47. The van der Waals surface area contributed by atoms with Crippen LogP contribution in [0.2, 0.25) is 0 Å². The number of hydrogen-bond acceptors (Lipinski definition) is 7. The standard InChI is InChI=1S/C17H28N4O4/c18-14-10(17(23)24)6-9-13(22)12-11(25-16(9)21-14)7-19-15(20-12)8-4-2-1-3-5-8/h8-12,14-16,19-21H,1-7,18H2,(H,23,24). The van der Waals surface area contributed by atoms with Crippen molar-refractivity contribution in [2.24, 2.45) is 23.5 Å². The van der Waals surface area contributed by atoms with Gasteiger partial charge in [-0.1, -0.05) is 19.3 Å². The van der Waals surface area contributed by atoms with Crippen LogP contribution in [0.25, 0.3) is 0 Å². The van der Waals surface area contributed by atoms with Crippen molar-refractivity contribution in [3.8, 4) is 0 Å². The molecule has 4 fully saturated rings. The fraction of sp³-hybridized carbons (Fsp3) is 0.882. The minimum atomic E-state index is -0.966. The number of nitrogens with two attached hydrogens (primary N) is 1. The molecule has 7 atom stereocenters. The highest BCUT2D eigenvalue weighted by Crippen LogP contribution is 2.34. The summed E-state index contributed by atoms with van der Waals surface area (Å²) in [4.78, 5) is 24.4. The van der Waals surface area contributed by atoms with Crippen LogP contribution in [0.1, 0.15) is 38.5 Å². The van der Waals surface area contributed by atoms with Gasteiger partial charge in [-0.3, -0.25) is 25.5 Å². The van der Waals surface area contributed by atoms with Crippen molar-refractivity contribution in [2.45, 2.75) is 69.2 Å². The molecule has 0 aromatic carbocycles. The second kappa shape index (κ2) is 6.92. The Labute approximate surface area is 147 Å². The number of carboxylic acid groups (broad SMARTS) is 1. The molecular weight excluding hydrogens is 324 g/mol. The molecule has 0 radical (unpaired) electrons. The molecule has 8 heteroatoms. The summed E-state index contributed by atoms with van der Waals surface area (Å²) in [6.07, 6.45) is 5.10. The molecule has 8 nitrogen and oxygen atoms in total. The predicted molar refractivity (Wildman–Crippen MR) is 89.3 cm³/mol. The first-order chi connectivity index (χ1) is 12.0. The van der Waals surface area contributed by atoms with Gasteiger partial charge in [0.1, 0.15) is 6.23 Å².